The van der Waals surface area contributed by atoms with Crippen LogP contribution in [0.15, 0.2) is 41.7 Å². The first-order chi connectivity index (χ1) is 12.8. The predicted molar refractivity (Wildman–Crippen MR) is 114 cm³/mol. The molecule has 0 bridgehead atoms. The van der Waals surface area contributed by atoms with Crippen LogP contribution in [0.5, 0.6) is 0 Å². The summed E-state index contributed by atoms with van der Waals surface area (Å²) in [5.41, 5.74) is 4.73. The Morgan fingerprint density at radius 2 is 1.31 bits per heavy atom. The van der Waals surface area contributed by atoms with E-state index in [9.17, 15) is 0 Å². The molecule has 2 heteroatoms. The monoisotopic (exact) mass is 356 g/mol. The Kier molecular flexibility index (Phi) is 9.66. The van der Waals surface area contributed by atoms with Crippen molar-refractivity contribution in [3.8, 4) is 0 Å². The largest absolute Gasteiger partial charge is 0.356 e. The number of rotatable bonds is 13. The summed E-state index contributed by atoms with van der Waals surface area (Å²) in [4.78, 5) is 5.37. The molecule has 0 spiro atoms. The van der Waals surface area contributed by atoms with Crippen LogP contribution in [0.2, 0.25) is 0 Å². The van der Waals surface area contributed by atoms with E-state index in [0.29, 0.717) is 0 Å². The minimum Gasteiger partial charge on any atom is -0.356 e. The molecule has 0 atom stereocenters. The first-order valence-corrected chi connectivity index (χ1v) is 11.1. The maximum absolute atomic E-state index is 2.71. The van der Waals surface area contributed by atoms with Gasteiger partial charge in [-0.05, 0) is 37.7 Å². The van der Waals surface area contributed by atoms with Crippen LogP contribution in [0.1, 0.15) is 90.5 Å². The quantitative estimate of drug-likeness (QED) is 0.353. The Morgan fingerprint density at radius 1 is 0.692 bits per heavy atom. The van der Waals surface area contributed by atoms with Gasteiger partial charge in [-0.3, -0.25) is 0 Å². The lowest BCUT2D eigenvalue weighted by atomic mass is 10.1. The third-order valence-corrected chi connectivity index (χ3v) is 5.47. The van der Waals surface area contributed by atoms with Gasteiger partial charge in [0.2, 0.25) is 0 Å². The summed E-state index contributed by atoms with van der Waals surface area (Å²) in [5, 5.41) is 0. The van der Waals surface area contributed by atoms with Crippen molar-refractivity contribution >= 4 is 0 Å². The van der Waals surface area contributed by atoms with Gasteiger partial charge in [0.05, 0.1) is 6.67 Å². The fourth-order valence-corrected chi connectivity index (χ4v) is 3.92. The van der Waals surface area contributed by atoms with Gasteiger partial charge in [0, 0.05) is 24.5 Å². The third-order valence-electron chi connectivity index (χ3n) is 5.47. The van der Waals surface area contributed by atoms with Gasteiger partial charge in [-0.15, -0.1) is 0 Å². The van der Waals surface area contributed by atoms with Crippen LogP contribution in [0, 0.1) is 0 Å². The number of benzene rings is 1. The second-order valence-corrected chi connectivity index (χ2v) is 7.75. The van der Waals surface area contributed by atoms with Gasteiger partial charge in [0.25, 0.3) is 0 Å². The van der Waals surface area contributed by atoms with E-state index in [1.165, 1.54) is 76.3 Å². The number of nitrogens with zero attached hydrogens (tertiary/aromatic N) is 2. The van der Waals surface area contributed by atoms with E-state index in [1.54, 1.807) is 11.4 Å². The van der Waals surface area contributed by atoms with Crippen LogP contribution in [0.4, 0.5) is 0 Å². The average Bonchev–Trinajstić information content (AvgIpc) is 2.98. The highest BCUT2D eigenvalue weighted by molar-refractivity contribution is 5.22. The Labute approximate surface area is 162 Å². The number of hydrogen-bond donors (Lipinski definition) is 0. The molecule has 26 heavy (non-hydrogen) atoms. The lowest BCUT2D eigenvalue weighted by Gasteiger charge is -2.25. The van der Waals surface area contributed by atoms with Crippen LogP contribution in [-0.2, 0) is 6.54 Å². The van der Waals surface area contributed by atoms with E-state index in [-0.39, 0.29) is 0 Å². The molecule has 1 aliphatic heterocycles. The molecule has 0 saturated carbocycles. The second kappa shape index (κ2) is 12.0. The van der Waals surface area contributed by atoms with Gasteiger partial charge < -0.3 is 9.80 Å². The molecule has 0 amide bonds. The van der Waals surface area contributed by atoms with Gasteiger partial charge in [0.15, 0.2) is 0 Å². The molecule has 0 aromatic heterocycles. The van der Waals surface area contributed by atoms with Gasteiger partial charge >= 0.3 is 0 Å². The van der Waals surface area contributed by atoms with Crippen molar-refractivity contribution in [3.63, 3.8) is 0 Å². The average molecular weight is 357 g/mol. The van der Waals surface area contributed by atoms with E-state index < -0.39 is 0 Å². The molecular formula is C24H40N2. The standard InChI is InChI=1S/C24H40N2/c1-4-7-10-14-19-25-21-26(20-22-15-12-11-13-16-22)24(18-9-6-3)23(25)17-8-5-2/h11-13,15-16H,4-10,14,17-21H2,1-3H3. The summed E-state index contributed by atoms with van der Waals surface area (Å²) in [5.74, 6) is 0. The summed E-state index contributed by atoms with van der Waals surface area (Å²) < 4.78 is 0. The van der Waals surface area contributed by atoms with Crippen molar-refractivity contribution in [2.75, 3.05) is 13.2 Å². The molecule has 1 aliphatic rings. The highest BCUT2D eigenvalue weighted by atomic mass is 15.4. The van der Waals surface area contributed by atoms with E-state index in [0.717, 1.165) is 13.2 Å². The summed E-state index contributed by atoms with van der Waals surface area (Å²) in [6.45, 7) is 10.3. The van der Waals surface area contributed by atoms with E-state index in [4.69, 9.17) is 0 Å². The molecule has 0 aliphatic carbocycles. The maximum atomic E-state index is 2.71. The highest BCUT2D eigenvalue weighted by Crippen LogP contribution is 2.32. The molecule has 1 aromatic carbocycles. The Hall–Kier alpha value is -1.44. The third kappa shape index (κ3) is 6.37. The number of hydrogen-bond acceptors (Lipinski definition) is 2. The summed E-state index contributed by atoms with van der Waals surface area (Å²) >= 11 is 0. The molecule has 0 saturated heterocycles. The van der Waals surface area contributed by atoms with Crippen molar-refractivity contribution in [2.45, 2.75) is 91.5 Å². The molecule has 2 rings (SSSR count). The zero-order valence-electron chi connectivity index (χ0n) is 17.5. The van der Waals surface area contributed by atoms with Crippen molar-refractivity contribution in [2.24, 2.45) is 0 Å². The highest BCUT2D eigenvalue weighted by Gasteiger charge is 2.27. The second-order valence-electron chi connectivity index (χ2n) is 7.75. The van der Waals surface area contributed by atoms with Gasteiger partial charge in [0.1, 0.15) is 0 Å². The Morgan fingerprint density at radius 3 is 1.92 bits per heavy atom. The topological polar surface area (TPSA) is 6.48 Å². The predicted octanol–water partition coefficient (Wildman–Crippen LogP) is 6.93. The molecule has 1 heterocycles. The van der Waals surface area contributed by atoms with E-state index >= 15 is 0 Å². The lowest BCUT2D eigenvalue weighted by molar-refractivity contribution is 0.231. The van der Waals surface area contributed by atoms with Crippen LogP contribution in [-0.4, -0.2) is 23.0 Å². The molecule has 1 aromatic rings. The summed E-state index contributed by atoms with van der Waals surface area (Å²) in [6, 6.07) is 11.0. The van der Waals surface area contributed by atoms with E-state index in [1.807, 2.05) is 0 Å². The van der Waals surface area contributed by atoms with Crippen molar-refractivity contribution in [1.82, 2.24) is 9.80 Å². The lowest BCUT2D eigenvalue weighted by Crippen LogP contribution is -2.28. The molecule has 0 N–H and O–H groups in total. The molecule has 0 unspecified atom stereocenters. The van der Waals surface area contributed by atoms with Crippen LogP contribution in [0.25, 0.3) is 0 Å². The van der Waals surface area contributed by atoms with Crippen molar-refractivity contribution in [3.05, 3.63) is 47.3 Å². The maximum Gasteiger partial charge on any atom is 0.0901 e. The zero-order chi connectivity index (χ0) is 18.6. The first kappa shape index (κ1) is 20.9. The Bertz CT molecular complexity index is 520. The van der Waals surface area contributed by atoms with Crippen molar-refractivity contribution < 1.29 is 0 Å². The fraction of sp³-hybridized carbons (Fsp3) is 0.667. The summed E-state index contributed by atoms with van der Waals surface area (Å²) in [7, 11) is 0. The van der Waals surface area contributed by atoms with Crippen LogP contribution >= 0.6 is 0 Å². The fourth-order valence-electron chi connectivity index (χ4n) is 3.92. The smallest absolute Gasteiger partial charge is 0.0901 e. The van der Waals surface area contributed by atoms with Crippen LogP contribution < -0.4 is 0 Å². The van der Waals surface area contributed by atoms with Gasteiger partial charge in [-0.1, -0.05) is 83.2 Å². The Balaban J connectivity index is 2.12. The minimum absolute atomic E-state index is 1.06. The SMILES string of the molecule is CCCCCCN1CN(Cc2ccccc2)C(CCCC)=C1CCCC. The minimum atomic E-state index is 1.06. The molecule has 0 radical (unpaired) electrons. The number of unbranched alkanes of at least 4 members (excludes halogenated alkanes) is 5. The summed E-state index contributed by atoms with van der Waals surface area (Å²) in [6.07, 6.45) is 13.1. The van der Waals surface area contributed by atoms with Crippen molar-refractivity contribution in [1.29, 1.82) is 0 Å². The van der Waals surface area contributed by atoms with E-state index in [2.05, 4.69) is 60.9 Å². The normalized spacial score (nSPS) is 14.6. The zero-order valence-corrected chi connectivity index (χ0v) is 17.5. The van der Waals surface area contributed by atoms with Crippen LogP contribution in [0.3, 0.4) is 0 Å². The van der Waals surface area contributed by atoms with Gasteiger partial charge in [-0.25, -0.2) is 0 Å². The molecule has 146 valence electrons. The molecule has 0 fully saturated rings. The molecular weight excluding hydrogens is 316 g/mol. The van der Waals surface area contributed by atoms with Gasteiger partial charge in [-0.2, -0.15) is 0 Å². The first-order valence-electron chi connectivity index (χ1n) is 11.1. The molecule has 2 nitrogen and oxygen atoms in total. The number of allylic oxidation sites excluding steroid dienone is 2.